The smallest absolute Gasteiger partial charge is 0.413 e. The molecule has 0 fully saturated rings. The van der Waals surface area contributed by atoms with E-state index in [-0.39, 0.29) is 5.78 Å². The van der Waals surface area contributed by atoms with Crippen LogP contribution in [0.5, 0.6) is 0 Å². The molecule has 0 unspecified atom stereocenters. The number of carbonyl (C=O) groups excluding carboxylic acids is 2. The van der Waals surface area contributed by atoms with Gasteiger partial charge in [0.2, 0.25) is 0 Å². The van der Waals surface area contributed by atoms with Gasteiger partial charge in [-0.05, 0) is 19.3 Å². The fourth-order valence-electron chi connectivity index (χ4n) is 1.62. The second-order valence-electron chi connectivity index (χ2n) is 3.54. The van der Waals surface area contributed by atoms with Crippen LogP contribution >= 0.6 is 11.3 Å². The van der Waals surface area contributed by atoms with E-state index in [1.165, 1.54) is 18.4 Å². The number of amides is 1. The van der Waals surface area contributed by atoms with Gasteiger partial charge in [-0.25, -0.2) is 9.78 Å². The number of hydrogen-bond acceptors (Lipinski definition) is 5. The van der Waals surface area contributed by atoms with E-state index < -0.39 is 6.09 Å². The van der Waals surface area contributed by atoms with Gasteiger partial charge < -0.3 is 4.74 Å². The number of carbonyl (C=O) groups is 2. The fraction of sp³-hybridized carbons (Fsp3) is 0.500. The monoisotopic (exact) mass is 240 g/mol. The lowest BCUT2D eigenvalue weighted by Crippen LogP contribution is -2.10. The van der Waals surface area contributed by atoms with Gasteiger partial charge in [-0.15, -0.1) is 0 Å². The predicted molar refractivity (Wildman–Crippen MR) is 60.0 cm³/mol. The molecule has 86 valence electrons. The second kappa shape index (κ2) is 4.61. The van der Waals surface area contributed by atoms with Crippen LogP contribution in [-0.4, -0.2) is 24.0 Å². The van der Waals surface area contributed by atoms with Crippen molar-refractivity contribution in [3.05, 3.63) is 10.6 Å². The molecular formula is C10H12N2O3S. The molecule has 0 saturated heterocycles. The third kappa shape index (κ3) is 2.21. The Kier molecular flexibility index (Phi) is 3.19. The van der Waals surface area contributed by atoms with E-state index in [1.807, 2.05) is 0 Å². The summed E-state index contributed by atoms with van der Waals surface area (Å²) in [5.41, 5.74) is 0.805. The van der Waals surface area contributed by atoms with Crippen molar-refractivity contribution < 1.29 is 14.3 Å². The topological polar surface area (TPSA) is 68.3 Å². The molecule has 1 N–H and O–H groups in total. The summed E-state index contributed by atoms with van der Waals surface area (Å²) in [5, 5.41) is 2.92. The average molecular weight is 240 g/mol. The van der Waals surface area contributed by atoms with E-state index >= 15 is 0 Å². The van der Waals surface area contributed by atoms with Crippen molar-refractivity contribution in [1.29, 1.82) is 0 Å². The van der Waals surface area contributed by atoms with Gasteiger partial charge in [-0.3, -0.25) is 10.1 Å². The number of nitrogens with one attached hydrogen (secondary N) is 1. The predicted octanol–water partition coefficient (Wildman–Crippen LogP) is 2.23. The summed E-state index contributed by atoms with van der Waals surface area (Å²) in [6.45, 7) is 0. The van der Waals surface area contributed by atoms with E-state index in [4.69, 9.17) is 0 Å². The third-order valence-corrected chi connectivity index (χ3v) is 3.47. The van der Waals surface area contributed by atoms with Crippen LogP contribution < -0.4 is 5.32 Å². The Morgan fingerprint density at radius 1 is 1.44 bits per heavy atom. The minimum absolute atomic E-state index is 0.128. The Hall–Kier alpha value is -1.43. The maximum Gasteiger partial charge on any atom is 0.413 e. The van der Waals surface area contributed by atoms with E-state index in [2.05, 4.69) is 15.0 Å². The minimum atomic E-state index is -0.559. The summed E-state index contributed by atoms with van der Waals surface area (Å²) >= 11 is 1.23. The molecule has 16 heavy (non-hydrogen) atoms. The van der Waals surface area contributed by atoms with Crippen molar-refractivity contribution in [2.45, 2.75) is 25.7 Å². The summed E-state index contributed by atoms with van der Waals surface area (Å²) < 4.78 is 4.47. The van der Waals surface area contributed by atoms with Gasteiger partial charge in [0, 0.05) is 6.42 Å². The number of Topliss-reactive ketones (excluding diaryl/α,β-unsaturated/α-hetero) is 1. The number of aryl methyl sites for hydroxylation is 1. The number of nitrogens with zero attached hydrogens (tertiary/aromatic N) is 1. The molecule has 5 nitrogen and oxygen atoms in total. The molecule has 1 aliphatic rings. The van der Waals surface area contributed by atoms with Crippen molar-refractivity contribution in [2.24, 2.45) is 0 Å². The lowest BCUT2D eigenvalue weighted by atomic mass is 10.2. The average Bonchev–Trinajstić information content (AvgIpc) is 2.59. The fourth-order valence-corrected chi connectivity index (χ4v) is 2.59. The molecule has 1 aromatic rings. The Morgan fingerprint density at radius 2 is 2.19 bits per heavy atom. The maximum absolute atomic E-state index is 11.7. The Morgan fingerprint density at radius 3 is 2.94 bits per heavy atom. The van der Waals surface area contributed by atoms with E-state index in [0.717, 1.165) is 25.0 Å². The van der Waals surface area contributed by atoms with Crippen molar-refractivity contribution in [1.82, 2.24) is 4.98 Å². The van der Waals surface area contributed by atoms with Gasteiger partial charge in [0.1, 0.15) is 0 Å². The molecule has 0 radical (unpaired) electrons. The quantitative estimate of drug-likeness (QED) is 0.764. The molecule has 0 aromatic carbocycles. The molecule has 1 aliphatic carbocycles. The minimum Gasteiger partial charge on any atom is -0.453 e. The molecule has 1 aromatic heterocycles. The number of hydrogen-bond donors (Lipinski definition) is 1. The Bertz CT molecular complexity index is 428. The highest BCUT2D eigenvalue weighted by Crippen LogP contribution is 2.28. The molecule has 0 atom stereocenters. The van der Waals surface area contributed by atoms with Crippen LogP contribution in [0.4, 0.5) is 9.93 Å². The molecular weight excluding hydrogens is 228 g/mol. The first kappa shape index (κ1) is 11.1. The van der Waals surface area contributed by atoms with Crippen molar-refractivity contribution in [2.75, 3.05) is 12.4 Å². The summed E-state index contributed by atoms with van der Waals surface area (Å²) in [6.07, 6.45) is 2.71. The molecule has 0 saturated carbocycles. The molecule has 6 heteroatoms. The summed E-state index contributed by atoms with van der Waals surface area (Å²) in [4.78, 5) is 27.6. The van der Waals surface area contributed by atoms with Gasteiger partial charge in [0.05, 0.1) is 17.7 Å². The number of ketones is 1. The van der Waals surface area contributed by atoms with Crippen LogP contribution in [-0.2, 0) is 11.2 Å². The van der Waals surface area contributed by atoms with Gasteiger partial charge in [0.25, 0.3) is 0 Å². The number of thiazole rings is 1. The normalized spacial score (nSPS) is 15.2. The van der Waals surface area contributed by atoms with Crippen LogP contribution in [0.2, 0.25) is 0 Å². The number of anilines is 1. The lowest BCUT2D eigenvalue weighted by Gasteiger charge is -1.97. The van der Waals surface area contributed by atoms with Gasteiger partial charge in [-0.1, -0.05) is 11.3 Å². The first-order chi connectivity index (χ1) is 7.70. The molecule has 1 heterocycles. The van der Waals surface area contributed by atoms with Crippen LogP contribution in [0.25, 0.3) is 0 Å². The largest absolute Gasteiger partial charge is 0.453 e. The first-order valence-electron chi connectivity index (χ1n) is 5.08. The van der Waals surface area contributed by atoms with Gasteiger partial charge >= 0.3 is 6.09 Å². The number of methoxy groups -OCH3 is 1. The highest BCUT2D eigenvalue weighted by Gasteiger charge is 2.21. The highest BCUT2D eigenvalue weighted by molar-refractivity contribution is 7.17. The first-order valence-corrected chi connectivity index (χ1v) is 5.90. The summed E-state index contributed by atoms with van der Waals surface area (Å²) in [7, 11) is 1.29. The zero-order valence-corrected chi connectivity index (χ0v) is 9.73. The Balaban J connectivity index is 2.22. The highest BCUT2D eigenvalue weighted by atomic mass is 32.1. The SMILES string of the molecule is COC(=O)Nc1nc2c(s1)C(=O)CCCC2. The molecule has 0 spiro atoms. The molecule has 0 aliphatic heterocycles. The second-order valence-corrected chi connectivity index (χ2v) is 4.54. The zero-order chi connectivity index (χ0) is 11.5. The van der Waals surface area contributed by atoms with Crippen molar-refractivity contribution in [3.63, 3.8) is 0 Å². The third-order valence-electron chi connectivity index (χ3n) is 2.41. The van der Waals surface area contributed by atoms with E-state index in [0.29, 0.717) is 16.4 Å². The van der Waals surface area contributed by atoms with Crippen LogP contribution in [0.1, 0.15) is 34.6 Å². The standard InChI is InChI=1S/C10H12N2O3S/c1-15-10(14)12-9-11-6-4-2-3-5-7(13)8(6)16-9/h2-5H2,1H3,(H,11,12,14). The number of ether oxygens (including phenoxy) is 1. The number of aromatic nitrogens is 1. The Labute approximate surface area is 96.8 Å². The summed E-state index contributed by atoms with van der Waals surface area (Å²) in [6, 6.07) is 0. The van der Waals surface area contributed by atoms with E-state index in [1.54, 1.807) is 0 Å². The van der Waals surface area contributed by atoms with Gasteiger partial charge in [0.15, 0.2) is 10.9 Å². The van der Waals surface area contributed by atoms with Gasteiger partial charge in [-0.2, -0.15) is 0 Å². The number of rotatable bonds is 1. The summed E-state index contributed by atoms with van der Waals surface area (Å²) in [5.74, 6) is 0.128. The van der Waals surface area contributed by atoms with Crippen LogP contribution in [0.15, 0.2) is 0 Å². The van der Waals surface area contributed by atoms with Crippen LogP contribution in [0, 0.1) is 0 Å². The van der Waals surface area contributed by atoms with Crippen molar-refractivity contribution >= 4 is 28.3 Å². The molecule has 1 amide bonds. The molecule has 2 rings (SSSR count). The number of fused-ring (bicyclic) bond motifs is 1. The maximum atomic E-state index is 11.7. The van der Waals surface area contributed by atoms with E-state index in [9.17, 15) is 9.59 Å². The lowest BCUT2D eigenvalue weighted by molar-refractivity contribution is 0.0985. The molecule has 0 bridgehead atoms. The van der Waals surface area contributed by atoms with Crippen LogP contribution in [0.3, 0.4) is 0 Å². The van der Waals surface area contributed by atoms with Crippen molar-refractivity contribution in [3.8, 4) is 0 Å². The zero-order valence-electron chi connectivity index (χ0n) is 8.91.